The van der Waals surface area contributed by atoms with Gasteiger partial charge in [-0.25, -0.2) is 0 Å². The number of benzene rings is 2. The fraction of sp³-hybridized carbons (Fsp3) is 0.188. The van der Waals surface area contributed by atoms with Gasteiger partial charge < -0.3 is 10.4 Å². The molecule has 2 N–H and O–H groups in total. The average Bonchev–Trinajstić information content (AvgIpc) is 2.36. The molecule has 104 valence electrons. The quantitative estimate of drug-likeness (QED) is 0.869. The minimum Gasteiger partial charge on any atom is -0.481 e. The Morgan fingerprint density at radius 2 is 1.90 bits per heavy atom. The summed E-state index contributed by atoms with van der Waals surface area (Å²) in [7, 11) is 0. The predicted molar refractivity (Wildman–Crippen MR) is 84.7 cm³/mol. The second kappa shape index (κ2) is 6.09. The molecular weight excluding hydrogens is 318 g/mol. The smallest absolute Gasteiger partial charge is 0.307 e. The largest absolute Gasteiger partial charge is 0.481 e. The minimum absolute atomic E-state index is 0.0528. The van der Waals surface area contributed by atoms with Gasteiger partial charge >= 0.3 is 5.97 Å². The van der Waals surface area contributed by atoms with Crippen LogP contribution in [0.5, 0.6) is 0 Å². The molecule has 0 heterocycles. The number of aryl methyl sites for hydroxylation is 2. The number of carboxylic acids is 1. The van der Waals surface area contributed by atoms with Gasteiger partial charge in [0.25, 0.3) is 0 Å². The molecule has 4 heteroatoms. The first-order valence-electron chi connectivity index (χ1n) is 6.30. The molecular formula is C16H16BrNO2. The van der Waals surface area contributed by atoms with Crippen LogP contribution in [-0.4, -0.2) is 11.1 Å². The van der Waals surface area contributed by atoms with Gasteiger partial charge in [0.15, 0.2) is 0 Å². The molecule has 0 saturated carbocycles. The van der Waals surface area contributed by atoms with Crippen LogP contribution in [0.25, 0.3) is 0 Å². The first kappa shape index (κ1) is 14.6. The van der Waals surface area contributed by atoms with Crippen molar-refractivity contribution < 1.29 is 9.90 Å². The number of carbonyl (C=O) groups is 1. The van der Waals surface area contributed by atoms with Crippen molar-refractivity contribution in [1.82, 2.24) is 0 Å². The van der Waals surface area contributed by atoms with Crippen LogP contribution in [0.3, 0.4) is 0 Å². The first-order valence-corrected chi connectivity index (χ1v) is 7.09. The van der Waals surface area contributed by atoms with Crippen molar-refractivity contribution in [2.45, 2.75) is 20.3 Å². The third-order valence-electron chi connectivity index (χ3n) is 3.10. The van der Waals surface area contributed by atoms with Crippen molar-refractivity contribution in [3.8, 4) is 0 Å². The number of aliphatic carboxylic acids is 1. The summed E-state index contributed by atoms with van der Waals surface area (Å²) in [5.74, 6) is -0.812. The van der Waals surface area contributed by atoms with Crippen LogP contribution in [0, 0.1) is 13.8 Å². The lowest BCUT2D eigenvalue weighted by atomic mass is 10.1. The molecule has 0 aliphatic heterocycles. The first-order chi connectivity index (χ1) is 9.45. The minimum atomic E-state index is -0.812. The SMILES string of the molecule is Cc1ccc(Nc2ccc(CC(=O)O)cc2C)cc1Br. The molecule has 2 aromatic rings. The Balaban J connectivity index is 2.21. The Morgan fingerprint density at radius 3 is 2.50 bits per heavy atom. The molecule has 0 unspecified atom stereocenters. The molecule has 0 spiro atoms. The van der Waals surface area contributed by atoms with Gasteiger partial charge in [-0.05, 0) is 48.7 Å². The summed E-state index contributed by atoms with van der Waals surface area (Å²) in [5, 5.41) is 12.1. The zero-order valence-corrected chi connectivity index (χ0v) is 13.0. The predicted octanol–water partition coefficient (Wildman–Crippen LogP) is 4.44. The maximum atomic E-state index is 10.7. The van der Waals surface area contributed by atoms with Gasteiger partial charge in [-0.2, -0.15) is 0 Å². The Bertz CT molecular complexity index is 653. The number of carboxylic acid groups (broad SMARTS) is 1. The number of halogens is 1. The van der Waals surface area contributed by atoms with E-state index >= 15 is 0 Å². The van der Waals surface area contributed by atoms with Gasteiger partial charge in [0, 0.05) is 15.8 Å². The Kier molecular flexibility index (Phi) is 4.45. The molecule has 0 aromatic heterocycles. The number of hydrogen-bond acceptors (Lipinski definition) is 2. The molecule has 0 fully saturated rings. The molecule has 20 heavy (non-hydrogen) atoms. The van der Waals surface area contributed by atoms with Crippen LogP contribution >= 0.6 is 15.9 Å². The maximum Gasteiger partial charge on any atom is 0.307 e. The summed E-state index contributed by atoms with van der Waals surface area (Å²) in [6.07, 6.45) is 0.0528. The van der Waals surface area contributed by atoms with Crippen molar-refractivity contribution in [2.75, 3.05) is 5.32 Å². The number of hydrogen-bond donors (Lipinski definition) is 2. The zero-order valence-electron chi connectivity index (χ0n) is 11.4. The molecule has 2 rings (SSSR count). The number of rotatable bonds is 4. The fourth-order valence-electron chi connectivity index (χ4n) is 1.98. The van der Waals surface area contributed by atoms with E-state index in [0.29, 0.717) is 0 Å². The molecule has 0 aliphatic carbocycles. The normalized spacial score (nSPS) is 10.3. The zero-order chi connectivity index (χ0) is 14.7. The second-order valence-corrected chi connectivity index (χ2v) is 5.66. The van der Waals surface area contributed by atoms with Crippen LogP contribution in [0.15, 0.2) is 40.9 Å². The molecule has 0 aliphatic rings. The third kappa shape index (κ3) is 3.61. The fourth-order valence-corrected chi connectivity index (χ4v) is 2.36. The summed E-state index contributed by atoms with van der Waals surface area (Å²) in [4.78, 5) is 10.7. The average molecular weight is 334 g/mol. The summed E-state index contributed by atoms with van der Waals surface area (Å²) in [6.45, 7) is 4.01. The monoisotopic (exact) mass is 333 g/mol. The maximum absolute atomic E-state index is 10.7. The highest BCUT2D eigenvalue weighted by Crippen LogP contribution is 2.25. The molecule has 0 amide bonds. The highest BCUT2D eigenvalue weighted by atomic mass is 79.9. The molecule has 2 aromatic carbocycles. The van der Waals surface area contributed by atoms with Crippen LogP contribution in [-0.2, 0) is 11.2 Å². The van der Waals surface area contributed by atoms with Gasteiger partial charge in [0.1, 0.15) is 0 Å². The van der Waals surface area contributed by atoms with Crippen LogP contribution in [0.2, 0.25) is 0 Å². The lowest BCUT2D eigenvalue weighted by molar-refractivity contribution is -0.136. The lowest BCUT2D eigenvalue weighted by Crippen LogP contribution is -2.01. The molecule has 0 atom stereocenters. The van der Waals surface area contributed by atoms with Gasteiger partial charge in [0.2, 0.25) is 0 Å². The van der Waals surface area contributed by atoms with E-state index in [1.54, 1.807) is 0 Å². The van der Waals surface area contributed by atoms with Crippen LogP contribution in [0.4, 0.5) is 11.4 Å². The van der Waals surface area contributed by atoms with E-state index in [1.807, 2.05) is 50.2 Å². The number of nitrogens with one attached hydrogen (secondary N) is 1. The Morgan fingerprint density at radius 1 is 1.15 bits per heavy atom. The molecule has 0 saturated heterocycles. The third-order valence-corrected chi connectivity index (χ3v) is 3.95. The van der Waals surface area contributed by atoms with Crippen molar-refractivity contribution in [2.24, 2.45) is 0 Å². The van der Waals surface area contributed by atoms with Gasteiger partial charge in [-0.15, -0.1) is 0 Å². The van der Waals surface area contributed by atoms with E-state index in [-0.39, 0.29) is 6.42 Å². The Hall–Kier alpha value is -1.81. The summed E-state index contributed by atoms with van der Waals surface area (Å²) in [5.41, 5.74) is 5.00. The van der Waals surface area contributed by atoms with Gasteiger partial charge in [0.05, 0.1) is 6.42 Å². The topological polar surface area (TPSA) is 49.3 Å². The molecule has 3 nitrogen and oxygen atoms in total. The highest BCUT2D eigenvalue weighted by molar-refractivity contribution is 9.10. The van der Waals surface area contributed by atoms with Crippen molar-refractivity contribution in [1.29, 1.82) is 0 Å². The lowest BCUT2D eigenvalue weighted by Gasteiger charge is -2.12. The highest BCUT2D eigenvalue weighted by Gasteiger charge is 2.05. The van der Waals surface area contributed by atoms with E-state index in [2.05, 4.69) is 21.2 Å². The summed E-state index contributed by atoms with van der Waals surface area (Å²) >= 11 is 3.51. The Labute approximate surface area is 126 Å². The van der Waals surface area contributed by atoms with Crippen molar-refractivity contribution >= 4 is 33.3 Å². The van der Waals surface area contributed by atoms with E-state index in [0.717, 1.165) is 27.0 Å². The summed E-state index contributed by atoms with van der Waals surface area (Å²) in [6, 6.07) is 11.7. The number of anilines is 2. The van der Waals surface area contributed by atoms with E-state index in [4.69, 9.17) is 5.11 Å². The van der Waals surface area contributed by atoms with Crippen molar-refractivity contribution in [3.63, 3.8) is 0 Å². The second-order valence-electron chi connectivity index (χ2n) is 4.81. The van der Waals surface area contributed by atoms with E-state index in [9.17, 15) is 4.79 Å². The molecule has 0 bridgehead atoms. The van der Waals surface area contributed by atoms with E-state index < -0.39 is 5.97 Å². The van der Waals surface area contributed by atoms with Gasteiger partial charge in [-0.1, -0.05) is 34.1 Å². The van der Waals surface area contributed by atoms with Crippen molar-refractivity contribution in [3.05, 3.63) is 57.6 Å². The molecule has 0 radical (unpaired) electrons. The van der Waals surface area contributed by atoms with Crippen LogP contribution in [0.1, 0.15) is 16.7 Å². The summed E-state index contributed by atoms with van der Waals surface area (Å²) < 4.78 is 1.06. The van der Waals surface area contributed by atoms with Gasteiger partial charge in [-0.3, -0.25) is 4.79 Å². The van der Waals surface area contributed by atoms with E-state index in [1.165, 1.54) is 5.56 Å². The standard InChI is InChI=1S/C16H16BrNO2/c1-10-3-5-13(9-14(10)17)18-15-6-4-12(7-11(15)2)8-16(19)20/h3-7,9,18H,8H2,1-2H3,(H,19,20). The van der Waals surface area contributed by atoms with Crippen LogP contribution < -0.4 is 5.32 Å².